The summed E-state index contributed by atoms with van der Waals surface area (Å²) in [6.07, 6.45) is 2.89. The van der Waals surface area contributed by atoms with Gasteiger partial charge in [-0.3, -0.25) is 19.0 Å². The lowest BCUT2D eigenvalue weighted by molar-refractivity contribution is -0.139. The number of rotatable bonds is 7. The van der Waals surface area contributed by atoms with Gasteiger partial charge in [0.1, 0.15) is 0 Å². The van der Waals surface area contributed by atoms with Gasteiger partial charge >= 0.3 is 0 Å². The summed E-state index contributed by atoms with van der Waals surface area (Å²) in [4.78, 5) is 46.5. The van der Waals surface area contributed by atoms with Crippen LogP contribution in [0, 0.1) is 11.8 Å². The van der Waals surface area contributed by atoms with Crippen LogP contribution in [0.4, 0.5) is 0 Å². The predicted molar refractivity (Wildman–Crippen MR) is 122 cm³/mol. The van der Waals surface area contributed by atoms with E-state index in [0.29, 0.717) is 54.7 Å². The highest BCUT2D eigenvalue weighted by Gasteiger charge is 2.35. The molecule has 7 nitrogen and oxygen atoms in total. The average molecular weight is 443 g/mol. The van der Waals surface area contributed by atoms with Crippen LogP contribution in [0.25, 0.3) is 10.9 Å². The molecule has 0 spiro atoms. The van der Waals surface area contributed by atoms with E-state index in [4.69, 9.17) is 4.98 Å². The van der Waals surface area contributed by atoms with Crippen LogP contribution in [0.1, 0.15) is 33.1 Å². The van der Waals surface area contributed by atoms with Crippen molar-refractivity contribution < 1.29 is 9.59 Å². The molecule has 0 unspecified atom stereocenters. The molecule has 1 saturated carbocycles. The molecule has 4 rings (SSSR count). The van der Waals surface area contributed by atoms with Gasteiger partial charge in [0.2, 0.25) is 11.8 Å². The van der Waals surface area contributed by atoms with Gasteiger partial charge in [-0.1, -0.05) is 37.7 Å². The summed E-state index contributed by atoms with van der Waals surface area (Å²) >= 11 is 1.33. The van der Waals surface area contributed by atoms with E-state index in [-0.39, 0.29) is 29.0 Å². The van der Waals surface area contributed by atoms with E-state index in [9.17, 15) is 14.4 Å². The smallest absolute Gasteiger partial charge is 0.262 e. The molecule has 8 heteroatoms. The lowest BCUT2D eigenvalue weighted by Crippen LogP contribution is -2.51. The van der Waals surface area contributed by atoms with Gasteiger partial charge in [-0.2, -0.15) is 0 Å². The molecule has 166 valence electrons. The lowest BCUT2D eigenvalue weighted by atomic mass is 10.1. The highest BCUT2D eigenvalue weighted by Crippen LogP contribution is 2.31. The topological polar surface area (TPSA) is 75.5 Å². The Labute approximate surface area is 186 Å². The Morgan fingerprint density at radius 1 is 1.10 bits per heavy atom. The van der Waals surface area contributed by atoms with Gasteiger partial charge < -0.3 is 9.80 Å². The minimum atomic E-state index is -0.0478. The SMILES string of the molecule is CC(C)CCn1c(SCC(=O)N2CCN(C(=O)C3CC3)CC2)nc2ccccc2c1=O. The van der Waals surface area contributed by atoms with Crippen LogP contribution in [0.2, 0.25) is 0 Å². The Kier molecular flexibility index (Phi) is 6.65. The van der Waals surface area contributed by atoms with Crippen molar-refractivity contribution in [2.24, 2.45) is 11.8 Å². The first-order valence-corrected chi connectivity index (χ1v) is 12.1. The molecule has 1 saturated heterocycles. The van der Waals surface area contributed by atoms with E-state index in [0.717, 1.165) is 19.3 Å². The highest BCUT2D eigenvalue weighted by molar-refractivity contribution is 7.99. The summed E-state index contributed by atoms with van der Waals surface area (Å²) in [5, 5.41) is 1.21. The van der Waals surface area contributed by atoms with Crippen molar-refractivity contribution in [3.63, 3.8) is 0 Å². The lowest BCUT2D eigenvalue weighted by Gasteiger charge is -2.35. The molecule has 0 radical (unpaired) electrons. The minimum absolute atomic E-state index is 0.0290. The summed E-state index contributed by atoms with van der Waals surface area (Å²) < 4.78 is 1.71. The molecule has 0 atom stereocenters. The molecular weight excluding hydrogens is 412 g/mol. The fourth-order valence-electron chi connectivity index (χ4n) is 3.82. The summed E-state index contributed by atoms with van der Waals surface area (Å²) in [5.41, 5.74) is 0.615. The summed E-state index contributed by atoms with van der Waals surface area (Å²) in [7, 11) is 0. The number of piperazine rings is 1. The zero-order valence-electron chi connectivity index (χ0n) is 18.2. The molecule has 31 heavy (non-hydrogen) atoms. The number of hydrogen-bond acceptors (Lipinski definition) is 5. The van der Waals surface area contributed by atoms with Crippen molar-refractivity contribution in [1.82, 2.24) is 19.4 Å². The van der Waals surface area contributed by atoms with E-state index in [1.807, 2.05) is 28.0 Å². The van der Waals surface area contributed by atoms with Gasteiger partial charge in [-0.15, -0.1) is 0 Å². The molecule has 1 aromatic heterocycles. The van der Waals surface area contributed by atoms with Crippen LogP contribution in [-0.4, -0.2) is 63.1 Å². The van der Waals surface area contributed by atoms with Crippen LogP contribution >= 0.6 is 11.8 Å². The van der Waals surface area contributed by atoms with Crippen LogP contribution in [-0.2, 0) is 16.1 Å². The molecule has 1 aromatic carbocycles. The number of carbonyl (C=O) groups excluding carboxylic acids is 2. The van der Waals surface area contributed by atoms with E-state index < -0.39 is 0 Å². The molecule has 2 aliphatic rings. The molecular formula is C23H30N4O3S. The van der Waals surface area contributed by atoms with Gasteiger partial charge in [0.25, 0.3) is 5.56 Å². The molecule has 0 bridgehead atoms. The maximum absolute atomic E-state index is 13.0. The number of nitrogens with zero attached hydrogens (tertiary/aromatic N) is 4. The monoisotopic (exact) mass is 442 g/mol. The van der Waals surface area contributed by atoms with Crippen LogP contribution in [0.5, 0.6) is 0 Å². The van der Waals surface area contributed by atoms with Gasteiger partial charge in [-0.25, -0.2) is 4.98 Å². The Bertz CT molecular complexity index is 1020. The maximum Gasteiger partial charge on any atom is 0.262 e. The Balaban J connectivity index is 1.43. The number of hydrogen-bond donors (Lipinski definition) is 0. The maximum atomic E-state index is 13.0. The number of carbonyl (C=O) groups is 2. The number of aromatic nitrogens is 2. The van der Waals surface area contributed by atoms with Gasteiger partial charge in [-0.05, 0) is 37.3 Å². The van der Waals surface area contributed by atoms with Crippen molar-refractivity contribution >= 4 is 34.5 Å². The first-order valence-electron chi connectivity index (χ1n) is 11.1. The van der Waals surface area contributed by atoms with Gasteiger partial charge in [0, 0.05) is 38.6 Å². The van der Waals surface area contributed by atoms with Crippen LogP contribution in [0.15, 0.2) is 34.2 Å². The number of benzene rings is 1. The normalized spacial score (nSPS) is 16.9. The predicted octanol–water partition coefficient (Wildman–Crippen LogP) is 2.62. The fourth-order valence-corrected chi connectivity index (χ4v) is 4.75. The second kappa shape index (κ2) is 9.42. The summed E-state index contributed by atoms with van der Waals surface area (Å²) in [6.45, 7) is 7.21. The Hall–Kier alpha value is -2.35. The van der Waals surface area contributed by atoms with Crippen LogP contribution in [0.3, 0.4) is 0 Å². The number of thioether (sulfide) groups is 1. The third-order valence-electron chi connectivity index (χ3n) is 5.95. The van der Waals surface area contributed by atoms with Crippen molar-refractivity contribution in [2.75, 3.05) is 31.9 Å². The Morgan fingerprint density at radius 3 is 2.45 bits per heavy atom. The summed E-state index contributed by atoms with van der Waals surface area (Å²) in [5.74, 6) is 1.20. The average Bonchev–Trinajstić information content (AvgIpc) is 3.62. The Morgan fingerprint density at radius 2 is 1.77 bits per heavy atom. The first-order chi connectivity index (χ1) is 14.9. The van der Waals surface area contributed by atoms with E-state index in [1.165, 1.54) is 11.8 Å². The van der Waals surface area contributed by atoms with Crippen molar-refractivity contribution in [1.29, 1.82) is 0 Å². The van der Waals surface area contributed by atoms with Crippen molar-refractivity contribution in [3.05, 3.63) is 34.6 Å². The van der Waals surface area contributed by atoms with Crippen molar-refractivity contribution in [3.8, 4) is 0 Å². The molecule has 1 aliphatic heterocycles. The van der Waals surface area contributed by atoms with Gasteiger partial charge in [0.15, 0.2) is 5.16 Å². The summed E-state index contributed by atoms with van der Waals surface area (Å²) in [6, 6.07) is 7.36. The fraction of sp³-hybridized carbons (Fsp3) is 0.565. The molecule has 0 N–H and O–H groups in total. The zero-order chi connectivity index (χ0) is 22.0. The second-order valence-corrected chi connectivity index (χ2v) is 9.76. The molecule has 2 aromatic rings. The highest BCUT2D eigenvalue weighted by atomic mass is 32.2. The van der Waals surface area contributed by atoms with Gasteiger partial charge in [0.05, 0.1) is 16.7 Å². The number of para-hydroxylation sites is 1. The van der Waals surface area contributed by atoms with E-state index in [1.54, 1.807) is 10.6 Å². The largest absolute Gasteiger partial charge is 0.339 e. The molecule has 2 heterocycles. The minimum Gasteiger partial charge on any atom is -0.339 e. The zero-order valence-corrected chi connectivity index (χ0v) is 19.1. The molecule has 2 fully saturated rings. The van der Waals surface area contributed by atoms with Crippen molar-refractivity contribution in [2.45, 2.75) is 44.8 Å². The second-order valence-electron chi connectivity index (χ2n) is 8.82. The number of amides is 2. The first kappa shape index (κ1) is 21.9. The third kappa shape index (κ3) is 5.11. The van der Waals surface area contributed by atoms with E-state index in [2.05, 4.69) is 13.8 Å². The van der Waals surface area contributed by atoms with Crippen LogP contribution < -0.4 is 5.56 Å². The molecule has 1 aliphatic carbocycles. The third-order valence-corrected chi connectivity index (χ3v) is 6.91. The molecule has 2 amide bonds. The number of fused-ring (bicyclic) bond motifs is 1. The quantitative estimate of drug-likeness (QED) is 0.487. The van der Waals surface area contributed by atoms with E-state index >= 15 is 0 Å². The standard InChI is InChI=1S/C23H30N4O3S/c1-16(2)9-10-27-22(30)18-5-3-4-6-19(18)24-23(27)31-15-20(28)25-11-13-26(14-12-25)21(29)17-7-8-17/h3-6,16-17H,7-15H2,1-2H3.